The third-order valence-electron chi connectivity index (χ3n) is 4.50. The Bertz CT molecular complexity index is 1110. The first-order valence-electron chi connectivity index (χ1n) is 8.79. The summed E-state index contributed by atoms with van der Waals surface area (Å²) in [6.45, 7) is 2.59. The number of nitrogens with zero attached hydrogens (tertiary/aromatic N) is 3. The number of halogens is 1. The van der Waals surface area contributed by atoms with Crippen molar-refractivity contribution in [3.8, 4) is 34.0 Å². The van der Waals surface area contributed by atoms with E-state index in [2.05, 4.69) is 40.2 Å². The van der Waals surface area contributed by atoms with Crippen LogP contribution in [0.3, 0.4) is 0 Å². The molecule has 0 aliphatic rings. The van der Waals surface area contributed by atoms with Crippen molar-refractivity contribution in [1.29, 1.82) is 0 Å². The van der Waals surface area contributed by atoms with Gasteiger partial charge in [0.05, 0.1) is 6.61 Å². The number of pyridine rings is 1. The van der Waals surface area contributed by atoms with Crippen molar-refractivity contribution in [1.82, 2.24) is 15.1 Å². The van der Waals surface area contributed by atoms with Gasteiger partial charge in [0.25, 0.3) is 5.89 Å². The molecule has 0 fully saturated rings. The van der Waals surface area contributed by atoms with Crippen LogP contribution in [0, 0.1) is 6.92 Å². The van der Waals surface area contributed by atoms with E-state index in [-0.39, 0.29) is 0 Å². The van der Waals surface area contributed by atoms with Crippen LogP contribution in [0.4, 0.5) is 0 Å². The first kappa shape index (κ1) is 18.3. The largest absolute Gasteiger partial charge is 0.380 e. The summed E-state index contributed by atoms with van der Waals surface area (Å²) in [5.74, 6) is 0.911. The summed E-state index contributed by atoms with van der Waals surface area (Å²) in [5.41, 5.74) is 6.16. The zero-order valence-electron chi connectivity index (χ0n) is 15.5. The second-order valence-corrected chi connectivity index (χ2v) is 6.80. The summed E-state index contributed by atoms with van der Waals surface area (Å²) in [4.78, 5) is 8.56. The topological polar surface area (TPSA) is 61.0 Å². The van der Waals surface area contributed by atoms with Crippen LogP contribution in [0.15, 0.2) is 65.3 Å². The van der Waals surface area contributed by atoms with E-state index in [1.807, 2.05) is 30.3 Å². The van der Waals surface area contributed by atoms with E-state index < -0.39 is 0 Å². The highest BCUT2D eigenvalue weighted by atomic mass is 35.5. The molecule has 140 valence electrons. The highest BCUT2D eigenvalue weighted by Gasteiger charge is 2.14. The number of ether oxygens (including phenoxy) is 1. The van der Waals surface area contributed by atoms with E-state index >= 15 is 0 Å². The molecule has 6 heteroatoms. The predicted molar refractivity (Wildman–Crippen MR) is 109 cm³/mol. The molecule has 2 heterocycles. The van der Waals surface area contributed by atoms with Crippen molar-refractivity contribution in [2.45, 2.75) is 13.5 Å². The summed E-state index contributed by atoms with van der Waals surface area (Å²) in [7, 11) is 1.69. The van der Waals surface area contributed by atoms with Gasteiger partial charge in [-0.15, -0.1) is 0 Å². The third kappa shape index (κ3) is 3.67. The minimum atomic E-state index is 0.420. The number of methoxy groups -OCH3 is 1. The van der Waals surface area contributed by atoms with Gasteiger partial charge in [-0.3, -0.25) is 0 Å². The van der Waals surface area contributed by atoms with Gasteiger partial charge < -0.3 is 9.26 Å². The van der Waals surface area contributed by atoms with Crippen molar-refractivity contribution in [2.24, 2.45) is 0 Å². The lowest BCUT2D eigenvalue weighted by Gasteiger charge is -2.12. The van der Waals surface area contributed by atoms with E-state index in [1.165, 1.54) is 11.1 Å². The molecule has 0 aliphatic heterocycles. The van der Waals surface area contributed by atoms with Crippen molar-refractivity contribution < 1.29 is 9.26 Å². The van der Waals surface area contributed by atoms with Crippen LogP contribution in [0.1, 0.15) is 11.1 Å². The molecule has 0 saturated heterocycles. The SMILES string of the molecule is COCc1cc(-c2nc(-c3ccc(Cl)nc3)no2)ccc1-c1ccccc1C. The highest BCUT2D eigenvalue weighted by molar-refractivity contribution is 6.29. The molecule has 0 saturated carbocycles. The molecule has 0 radical (unpaired) electrons. The number of hydrogen-bond donors (Lipinski definition) is 0. The Kier molecular flexibility index (Phi) is 5.19. The second kappa shape index (κ2) is 7.92. The van der Waals surface area contributed by atoms with Gasteiger partial charge in [0.2, 0.25) is 5.82 Å². The number of aryl methyl sites for hydroxylation is 1. The average Bonchev–Trinajstić information content (AvgIpc) is 3.20. The molecule has 5 nitrogen and oxygen atoms in total. The molecule has 0 spiro atoms. The lowest BCUT2D eigenvalue weighted by Crippen LogP contribution is -1.95. The van der Waals surface area contributed by atoms with Gasteiger partial charge in [-0.1, -0.05) is 47.1 Å². The highest BCUT2D eigenvalue weighted by Crippen LogP contribution is 2.31. The number of benzene rings is 2. The Balaban J connectivity index is 1.72. The first-order valence-corrected chi connectivity index (χ1v) is 9.17. The molecule has 0 aliphatic carbocycles. The van der Waals surface area contributed by atoms with Crippen LogP contribution >= 0.6 is 11.6 Å². The maximum atomic E-state index is 5.84. The van der Waals surface area contributed by atoms with Gasteiger partial charge in [-0.05, 0) is 53.4 Å². The lowest BCUT2D eigenvalue weighted by atomic mass is 9.94. The van der Waals surface area contributed by atoms with Gasteiger partial charge in [0.1, 0.15) is 5.15 Å². The zero-order chi connectivity index (χ0) is 19.5. The monoisotopic (exact) mass is 391 g/mol. The molecule has 0 amide bonds. The van der Waals surface area contributed by atoms with Crippen molar-refractivity contribution in [3.05, 3.63) is 77.1 Å². The molecule has 0 unspecified atom stereocenters. The molecule has 0 bridgehead atoms. The number of rotatable bonds is 5. The minimum absolute atomic E-state index is 0.420. The maximum absolute atomic E-state index is 5.84. The Hall–Kier alpha value is -3.02. The Morgan fingerprint density at radius 2 is 1.82 bits per heavy atom. The average molecular weight is 392 g/mol. The van der Waals surface area contributed by atoms with Gasteiger partial charge in [-0.25, -0.2) is 4.98 Å². The second-order valence-electron chi connectivity index (χ2n) is 6.41. The quantitative estimate of drug-likeness (QED) is 0.416. The van der Waals surface area contributed by atoms with Crippen LogP contribution in [0.5, 0.6) is 0 Å². The fourth-order valence-electron chi connectivity index (χ4n) is 3.11. The summed E-state index contributed by atoms with van der Waals surface area (Å²) < 4.78 is 10.9. The van der Waals surface area contributed by atoms with Gasteiger partial charge in [0.15, 0.2) is 0 Å². The predicted octanol–water partition coefficient (Wildman–Crippen LogP) is 5.57. The maximum Gasteiger partial charge on any atom is 0.258 e. The van der Waals surface area contributed by atoms with E-state index in [0.29, 0.717) is 23.5 Å². The normalized spacial score (nSPS) is 11.0. The fourth-order valence-corrected chi connectivity index (χ4v) is 3.22. The number of hydrogen-bond acceptors (Lipinski definition) is 5. The molecule has 28 heavy (non-hydrogen) atoms. The molecule has 2 aromatic heterocycles. The van der Waals surface area contributed by atoms with Crippen LogP contribution in [0.2, 0.25) is 5.15 Å². The molecule has 4 aromatic rings. The Morgan fingerprint density at radius 1 is 1.00 bits per heavy atom. The van der Waals surface area contributed by atoms with Gasteiger partial charge in [0, 0.05) is 24.4 Å². The molecular formula is C22H18ClN3O2. The van der Waals surface area contributed by atoms with E-state index in [1.54, 1.807) is 19.4 Å². The van der Waals surface area contributed by atoms with E-state index in [0.717, 1.165) is 22.3 Å². The summed E-state index contributed by atoms with van der Waals surface area (Å²) in [6, 6.07) is 17.9. The van der Waals surface area contributed by atoms with Crippen LogP contribution in [-0.2, 0) is 11.3 Å². The first-order chi connectivity index (χ1) is 13.7. The lowest BCUT2D eigenvalue weighted by molar-refractivity contribution is 0.185. The zero-order valence-corrected chi connectivity index (χ0v) is 16.3. The van der Waals surface area contributed by atoms with Gasteiger partial charge >= 0.3 is 0 Å². The molecule has 0 N–H and O–H groups in total. The van der Waals surface area contributed by atoms with Crippen LogP contribution < -0.4 is 0 Å². The molecule has 0 atom stereocenters. The molecule has 4 rings (SSSR count). The van der Waals surface area contributed by atoms with Crippen molar-refractivity contribution in [2.75, 3.05) is 7.11 Å². The van der Waals surface area contributed by atoms with Crippen molar-refractivity contribution in [3.63, 3.8) is 0 Å². The summed E-state index contributed by atoms with van der Waals surface area (Å²) in [5, 5.41) is 4.48. The Labute approximate surface area is 168 Å². The van der Waals surface area contributed by atoms with Crippen molar-refractivity contribution >= 4 is 11.6 Å². The fraction of sp³-hybridized carbons (Fsp3) is 0.136. The standard InChI is InChI=1S/C22H18ClN3O2/c1-14-5-3-4-6-18(14)19-9-7-15(11-17(19)13-27-2)22-25-21(26-28-22)16-8-10-20(23)24-12-16/h3-12H,13H2,1-2H3. The van der Waals surface area contributed by atoms with Crippen LogP contribution in [-0.4, -0.2) is 22.2 Å². The van der Waals surface area contributed by atoms with E-state index in [4.69, 9.17) is 20.9 Å². The smallest absolute Gasteiger partial charge is 0.258 e. The minimum Gasteiger partial charge on any atom is -0.380 e. The Morgan fingerprint density at radius 3 is 2.57 bits per heavy atom. The molecular weight excluding hydrogens is 374 g/mol. The van der Waals surface area contributed by atoms with Crippen LogP contribution in [0.25, 0.3) is 34.0 Å². The number of aromatic nitrogens is 3. The van der Waals surface area contributed by atoms with Gasteiger partial charge in [-0.2, -0.15) is 4.98 Å². The summed E-state index contributed by atoms with van der Waals surface area (Å²) >= 11 is 5.84. The third-order valence-corrected chi connectivity index (χ3v) is 4.72. The molecule has 2 aromatic carbocycles. The van der Waals surface area contributed by atoms with E-state index in [9.17, 15) is 0 Å². The summed E-state index contributed by atoms with van der Waals surface area (Å²) in [6.07, 6.45) is 1.62.